The molecule has 1 aliphatic carbocycles. The summed E-state index contributed by atoms with van der Waals surface area (Å²) in [7, 11) is 0. The Morgan fingerprint density at radius 2 is 1.86 bits per heavy atom. The number of hydrogen-bond donors (Lipinski definition) is 3. The van der Waals surface area contributed by atoms with Gasteiger partial charge in [0.25, 0.3) is 5.91 Å². The Kier molecular flexibility index (Phi) is 5.61. The topological polar surface area (TPSA) is 114 Å². The van der Waals surface area contributed by atoms with Gasteiger partial charge in [-0.3, -0.25) is 9.59 Å². The lowest BCUT2D eigenvalue weighted by Gasteiger charge is -2.33. The largest absolute Gasteiger partial charge is 0.401 e. The zero-order valence-electron chi connectivity index (χ0n) is 20.8. The second-order valence-corrected chi connectivity index (χ2v) is 10.4. The number of amides is 2. The van der Waals surface area contributed by atoms with E-state index in [4.69, 9.17) is 4.52 Å². The number of carbonyl (C=O) groups is 2. The standard InChI is InChI=1S/C25H27F3N6O3/c1-13(2)34-21-19(22(36)31-23(3,4)30-21)20(32-34)15-7-5-14(6-8-15)11-18(35)29-17-12-16(37-33-17)24(9-10-24)25(26,27)28/h5-8,12-13,30H,9-11H2,1-4H3,(H,31,36)(H,29,33,35). The fourth-order valence-corrected chi connectivity index (χ4v) is 4.53. The molecule has 0 radical (unpaired) electrons. The van der Waals surface area contributed by atoms with Crippen molar-refractivity contribution in [3.05, 3.63) is 47.2 Å². The zero-order valence-corrected chi connectivity index (χ0v) is 20.8. The summed E-state index contributed by atoms with van der Waals surface area (Å²) in [4.78, 5) is 25.4. The normalized spacial score (nSPS) is 17.7. The molecule has 1 saturated carbocycles. The van der Waals surface area contributed by atoms with Gasteiger partial charge in [-0.2, -0.15) is 18.3 Å². The minimum Gasteiger partial charge on any atom is -0.358 e. The lowest BCUT2D eigenvalue weighted by Crippen LogP contribution is -2.53. The van der Waals surface area contributed by atoms with Crippen LogP contribution in [0.15, 0.2) is 34.9 Å². The molecule has 0 spiro atoms. The molecule has 2 aromatic heterocycles. The van der Waals surface area contributed by atoms with E-state index >= 15 is 0 Å². The molecule has 5 rings (SSSR count). The number of hydrogen-bond acceptors (Lipinski definition) is 6. The number of benzene rings is 1. The molecule has 12 heteroatoms. The molecule has 3 aromatic rings. The van der Waals surface area contributed by atoms with E-state index in [2.05, 4.69) is 26.2 Å². The molecule has 1 fully saturated rings. The summed E-state index contributed by atoms with van der Waals surface area (Å²) < 4.78 is 46.5. The highest BCUT2D eigenvalue weighted by molar-refractivity contribution is 6.06. The third-order valence-corrected chi connectivity index (χ3v) is 6.62. The minimum absolute atomic E-state index is 0.0163. The lowest BCUT2D eigenvalue weighted by atomic mass is 10.0. The maximum absolute atomic E-state index is 13.3. The third-order valence-electron chi connectivity index (χ3n) is 6.62. The fraction of sp³-hybridized carbons (Fsp3) is 0.440. The molecule has 0 bridgehead atoms. The SMILES string of the molecule is CC(C)n1nc(-c2ccc(CC(=O)Nc3cc(C4(C(F)(F)F)CC4)on3)cc2)c2c1NC(C)(C)NC2=O. The van der Waals surface area contributed by atoms with E-state index in [1.54, 1.807) is 28.9 Å². The quantitative estimate of drug-likeness (QED) is 0.434. The van der Waals surface area contributed by atoms with Crippen molar-refractivity contribution in [1.29, 1.82) is 0 Å². The number of halogens is 3. The number of aromatic nitrogens is 3. The minimum atomic E-state index is -4.42. The van der Waals surface area contributed by atoms with Crippen LogP contribution in [0.25, 0.3) is 11.3 Å². The van der Waals surface area contributed by atoms with Gasteiger partial charge in [-0.15, -0.1) is 0 Å². The van der Waals surface area contributed by atoms with E-state index in [-0.39, 0.29) is 42.8 Å². The summed E-state index contributed by atoms with van der Waals surface area (Å²) in [5, 5.41) is 17.0. The van der Waals surface area contributed by atoms with Gasteiger partial charge in [-0.25, -0.2) is 4.68 Å². The summed E-state index contributed by atoms with van der Waals surface area (Å²) in [6.07, 6.45) is -4.56. The van der Waals surface area contributed by atoms with Gasteiger partial charge in [0.2, 0.25) is 5.91 Å². The van der Waals surface area contributed by atoms with Gasteiger partial charge in [0.1, 0.15) is 28.2 Å². The van der Waals surface area contributed by atoms with E-state index in [0.29, 0.717) is 28.2 Å². The number of fused-ring (bicyclic) bond motifs is 1. The van der Waals surface area contributed by atoms with Crippen molar-refractivity contribution in [3.63, 3.8) is 0 Å². The lowest BCUT2D eigenvalue weighted by molar-refractivity contribution is -0.165. The molecule has 3 heterocycles. The molecule has 0 atom stereocenters. The Bertz CT molecular complexity index is 1370. The number of nitrogens with one attached hydrogen (secondary N) is 3. The van der Waals surface area contributed by atoms with Crippen LogP contribution >= 0.6 is 0 Å². The molecule has 2 aliphatic rings. The third kappa shape index (κ3) is 4.44. The summed E-state index contributed by atoms with van der Waals surface area (Å²) in [6, 6.07) is 8.18. The first-order chi connectivity index (χ1) is 17.3. The van der Waals surface area contributed by atoms with Crippen LogP contribution in [0.4, 0.5) is 24.8 Å². The Morgan fingerprint density at radius 1 is 1.19 bits per heavy atom. The number of carbonyl (C=O) groups excluding carboxylic acids is 2. The fourth-order valence-electron chi connectivity index (χ4n) is 4.53. The van der Waals surface area contributed by atoms with Gasteiger partial charge in [0.15, 0.2) is 11.6 Å². The second kappa shape index (κ2) is 8.35. The van der Waals surface area contributed by atoms with Gasteiger partial charge in [-0.1, -0.05) is 29.4 Å². The van der Waals surface area contributed by atoms with Gasteiger partial charge >= 0.3 is 6.18 Å². The highest BCUT2D eigenvalue weighted by Gasteiger charge is 2.66. The molecular weight excluding hydrogens is 489 g/mol. The number of alkyl halides is 3. The summed E-state index contributed by atoms with van der Waals surface area (Å²) >= 11 is 0. The number of anilines is 2. The van der Waals surface area contributed by atoms with Crippen molar-refractivity contribution in [2.24, 2.45) is 0 Å². The van der Waals surface area contributed by atoms with Crippen molar-refractivity contribution in [1.82, 2.24) is 20.3 Å². The van der Waals surface area contributed by atoms with E-state index < -0.39 is 23.2 Å². The molecule has 37 heavy (non-hydrogen) atoms. The van der Waals surface area contributed by atoms with Crippen LogP contribution in [-0.4, -0.2) is 38.6 Å². The molecule has 196 valence electrons. The summed E-state index contributed by atoms with van der Waals surface area (Å²) in [6.45, 7) is 7.69. The van der Waals surface area contributed by atoms with E-state index in [1.807, 2.05) is 27.7 Å². The monoisotopic (exact) mass is 516 g/mol. The molecule has 2 amide bonds. The van der Waals surface area contributed by atoms with Crippen molar-refractivity contribution >= 4 is 23.5 Å². The number of rotatable bonds is 6. The van der Waals surface area contributed by atoms with Crippen molar-refractivity contribution in [3.8, 4) is 11.3 Å². The van der Waals surface area contributed by atoms with Gasteiger partial charge in [0.05, 0.1) is 6.42 Å². The van der Waals surface area contributed by atoms with Crippen molar-refractivity contribution in [2.45, 2.75) is 70.3 Å². The van der Waals surface area contributed by atoms with Crippen LogP contribution in [0.3, 0.4) is 0 Å². The smallest absolute Gasteiger partial charge is 0.358 e. The summed E-state index contributed by atoms with van der Waals surface area (Å²) in [5.41, 5.74) is -0.272. The first-order valence-electron chi connectivity index (χ1n) is 12.0. The molecule has 0 unspecified atom stereocenters. The first-order valence-corrected chi connectivity index (χ1v) is 12.0. The molecule has 3 N–H and O–H groups in total. The van der Waals surface area contributed by atoms with Crippen LogP contribution in [0.1, 0.15) is 68.3 Å². The Labute approximate surface area is 210 Å². The van der Waals surface area contributed by atoms with Crippen molar-refractivity contribution < 1.29 is 27.3 Å². The maximum atomic E-state index is 13.3. The molecule has 1 aliphatic heterocycles. The Hall–Kier alpha value is -3.83. The van der Waals surface area contributed by atoms with Crippen LogP contribution in [0.2, 0.25) is 0 Å². The van der Waals surface area contributed by atoms with E-state index in [9.17, 15) is 22.8 Å². The molecule has 1 aromatic carbocycles. The zero-order chi connectivity index (χ0) is 26.8. The first kappa shape index (κ1) is 24.8. The average molecular weight is 517 g/mol. The van der Waals surface area contributed by atoms with Crippen LogP contribution < -0.4 is 16.0 Å². The maximum Gasteiger partial charge on any atom is 0.401 e. The molecule has 9 nitrogen and oxygen atoms in total. The van der Waals surface area contributed by atoms with Crippen LogP contribution in [-0.2, 0) is 16.6 Å². The Morgan fingerprint density at radius 3 is 2.46 bits per heavy atom. The van der Waals surface area contributed by atoms with Crippen molar-refractivity contribution in [2.75, 3.05) is 10.6 Å². The van der Waals surface area contributed by atoms with E-state index in [0.717, 1.165) is 6.07 Å². The summed E-state index contributed by atoms with van der Waals surface area (Å²) in [5.74, 6) is -0.371. The van der Waals surface area contributed by atoms with Gasteiger partial charge in [0, 0.05) is 17.7 Å². The molecule has 0 saturated heterocycles. The predicted octanol–water partition coefficient (Wildman–Crippen LogP) is 4.79. The Balaban J connectivity index is 1.31. The van der Waals surface area contributed by atoms with Crippen LogP contribution in [0.5, 0.6) is 0 Å². The van der Waals surface area contributed by atoms with E-state index in [1.165, 1.54) is 0 Å². The second-order valence-electron chi connectivity index (χ2n) is 10.4. The van der Waals surface area contributed by atoms with Gasteiger partial charge < -0.3 is 20.5 Å². The van der Waals surface area contributed by atoms with Crippen LogP contribution in [0, 0.1) is 0 Å². The number of nitrogens with zero attached hydrogens (tertiary/aromatic N) is 3. The predicted molar refractivity (Wildman–Crippen MR) is 129 cm³/mol. The highest BCUT2D eigenvalue weighted by atomic mass is 19.4. The molecular formula is C25H27F3N6O3. The highest BCUT2D eigenvalue weighted by Crippen LogP contribution is 2.59. The average Bonchev–Trinajstić information content (AvgIpc) is 3.35. The van der Waals surface area contributed by atoms with Gasteiger partial charge in [-0.05, 0) is 46.1 Å².